The van der Waals surface area contributed by atoms with E-state index in [9.17, 15) is 0 Å². The maximum absolute atomic E-state index is 5.18. The molecule has 0 radical (unpaired) electrons. The van der Waals surface area contributed by atoms with Gasteiger partial charge in [-0.1, -0.05) is 20.8 Å². The van der Waals surface area contributed by atoms with Gasteiger partial charge in [-0.05, 0) is 18.8 Å². The van der Waals surface area contributed by atoms with Crippen molar-refractivity contribution in [3.63, 3.8) is 0 Å². The van der Waals surface area contributed by atoms with Crippen LogP contribution in [0.25, 0.3) is 0 Å². The van der Waals surface area contributed by atoms with Crippen LogP contribution in [0.5, 0.6) is 0 Å². The maximum atomic E-state index is 5.18. The Hall–Kier alpha value is -0.0800. The van der Waals surface area contributed by atoms with E-state index >= 15 is 0 Å². The Morgan fingerprint density at radius 2 is 2.23 bits per heavy atom. The average Bonchev–Trinajstić information content (AvgIpc) is 2.03. The molecule has 0 aromatic carbocycles. The summed E-state index contributed by atoms with van der Waals surface area (Å²) in [5.74, 6) is 0.741. The summed E-state index contributed by atoms with van der Waals surface area (Å²) in [7, 11) is 1.79. The zero-order valence-corrected chi connectivity index (χ0v) is 9.39. The van der Waals surface area contributed by atoms with Crippen molar-refractivity contribution in [2.24, 2.45) is 11.3 Å². The fourth-order valence-electron chi connectivity index (χ4n) is 2.52. The molecular weight excluding hydrogens is 162 g/mol. The number of nitrogens with one attached hydrogen (secondary N) is 1. The third kappa shape index (κ3) is 2.05. The molecule has 0 aromatic heterocycles. The number of methoxy groups -OCH3 is 1. The van der Waals surface area contributed by atoms with Crippen LogP contribution >= 0.6 is 0 Å². The molecule has 2 atom stereocenters. The van der Waals surface area contributed by atoms with E-state index in [0.29, 0.717) is 11.5 Å². The van der Waals surface area contributed by atoms with Crippen molar-refractivity contribution in [2.45, 2.75) is 39.7 Å². The summed E-state index contributed by atoms with van der Waals surface area (Å²) in [5.41, 5.74) is 0.518. The standard InChI is InChI=1S/C11H23NO/c1-5-11(6-7-13-4)8-12-10(11)9(2)3/h9-10,12H,5-8H2,1-4H3. The second-order valence-corrected chi connectivity index (χ2v) is 4.56. The normalized spacial score (nSPS) is 33.5. The first-order valence-corrected chi connectivity index (χ1v) is 5.38. The molecule has 1 rings (SSSR count). The molecule has 1 heterocycles. The zero-order valence-electron chi connectivity index (χ0n) is 9.39. The molecule has 2 nitrogen and oxygen atoms in total. The first-order valence-electron chi connectivity index (χ1n) is 5.38. The fraction of sp³-hybridized carbons (Fsp3) is 1.00. The molecule has 78 valence electrons. The van der Waals surface area contributed by atoms with Gasteiger partial charge in [0.2, 0.25) is 0 Å². The van der Waals surface area contributed by atoms with Crippen LogP contribution in [0.15, 0.2) is 0 Å². The van der Waals surface area contributed by atoms with Gasteiger partial charge in [0.05, 0.1) is 0 Å². The highest BCUT2D eigenvalue weighted by Gasteiger charge is 2.45. The molecule has 1 N–H and O–H groups in total. The molecule has 0 saturated carbocycles. The monoisotopic (exact) mass is 185 g/mol. The molecule has 1 saturated heterocycles. The van der Waals surface area contributed by atoms with E-state index in [-0.39, 0.29) is 0 Å². The predicted molar refractivity (Wildman–Crippen MR) is 55.8 cm³/mol. The lowest BCUT2D eigenvalue weighted by atomic mass is 9.65. The van der Waals surface area contributed by atoms with Crippen LogP contribution in [-0.2, 0) is 4.74 Å². The second-order valence-electron chi connectivity index (χ2n) is 4.56. The molecule has 0 aliphatic carbocycles. The van der Waals surface area contributed by atoms with Gasteiger partial charge in [0.1, 0.15) is 0 Å². The molecule has 0 aromatic rings. The lowest BCUT2D eigenvalue weighted by Crippen LogP contribution is -2.64. The lowest BCUT2D eigenvalue weighted by Gasteiger charge is -2.52. The van der Waals surface area contributed by atoms with Crippen LogP contribution in [0.4, 0.5) is 0 Å². The summed E-state index contributed by atoms with van der Waals surface area (Å²) in [6.07, 6.45) is 2.47. The summed E-state index contributed by atoms with van der Waals surface area (Å²) in [6.45, 7) is 8.97. The van der Waals surface area contributed by atoms with Crippen molar-refractivity contribution in [2.75, 3.05) is 20.3 Å². The van der Waals surface area contributed by atoms with E-state index in [4.69, 9.17) is 4.74 Å². The summed E-state index contributed by atoms with van der Waals surface area (Å²) in [5, 5.41) is 3.54. The van der Waals surface area contributed by atoms with E-state index in [2.05, 4.69) is 26.1 Å². The smallest absolute Gasteiger partial charge is 0.0468 e. The van der Waals surface area contributed by atoms with Crippen LogP contribution in [0.2, 0.25) is 0 Å². The molecule has 1 aliphatic rings. The number of rotatable bonds is 5. The Kier molecular flexibility index (Phi) is 3.74. The van der Waals surface area contributed by atoms with E-state index in [1.54, 1.807) is 7.11 Å². The molecule has 2 heteroatoms. The van der Waals surface area contributed by atoms with E-state index in [0.717, 1.165) is 12.5 Å². The van der Waals surface area contributed by atoms with Gasteiger partial charge in [-0.3, -0.25) is 0 Å². The summed E-state index contributed by atoms with van der Waals surface area (Å²) in [4.78, 5) is 0. The molecule has 0 bridgehead atoms. The van der Waals surface area contributed by atoms with E-state index in [1.165, 1.54) is 19.4 Å². The van der Waals surface area contributed by atoms with Crippen molar-refractivity contribution >= 4 is 0 Å². The Balaban J connectivity index is 2.49. The van der Waals surface area contributed by atoms with E-state index < -0.39 is 0 Å². The van der Waals surface area contributed by atoms with Crippen LogP contribution in [0.3, 0.4) is 0 Å². The Labute approximate surface area is 82.0 Å². The summed E-state index contributed by atoms with van der Waals surface area (Å²) >= 11 is 0. The van der Waals surface area contributed by atoms with Gasteiger partial charge < -0.3 is 10.1 Å². The van der Waals surface area contributed by atoms with Crippen LogP contribution in [0.1, 0.15) is 33.6 Å². The summed E-state index contributed by atoms with van der Waals surface area (Å²) in [6, 6.07) is 0.702. The van der Waals surface area contributed by atoms with Crippen molar-refractivity contribution in [1.82, 2.24) is 5.32 Å². The average molecular weight is 185 g/mol. The molecular formula is C11H23NO. The molecule has 0 spiro atoms. The Morgan fingerprint density at radius 3 is 2.54 bits per heavy atom. The molecule has 0 amide bonds. The minimum absolute atomic E-state index is 0.518. The summed E-state index contributed by atoms with van der Waals surface area (Å²) < 4.78 is 5.18. The van der Waals surface area contributed by atoms with Crippen LogP contribution < -0.4 is 5.32 Å². The van der Waals surface area contributed by atoms with Gasteiger partial charge in [-0.2, -0.15) is 0 Å². The topological polar surface area (TPSA) is 21.3 Å². The Bertz CT molecular complexity index is 154. The van der Waals surface area contributed by atoms with Gasteiger partial charge in [0, 0.05) is 31.7 Å². The maximum Gasteiger partial charge on any atom is 0.0468 e. The molecule has 13 heavy (non-hydrogen) atoms. The Morgan fingerprint density at radius 1 is 1.54 bits per heavy atom. The van der Waals surface area contributed by atoms with Crippen LogP contribution in [0, 0.1) is 11.3 Å². The largest absolute Gasteiger partial charge is 0.385 e. The van der Waals surface area contributed by atoms with Crippen molar-refractivity contribution in [3.8, 4) is 0 Å². The minimum Gasteiger partial charge on any atom is -0.385 e. The fourth-order valence-corrected chi connectivity index (χ4v) is 2.52. The quantitative estimate of drug-likeness (QED) is 0.708. The first-order chi connectivity index (χ1) is 6.16. The van der Waals surface area contributed by atoms with Crippen molar-refractivity contribution < 1.29 is 4.74 Å². The third-order valence-electron chi connectivity index (χ3n) is 3.51. The predicted octanol–water partition coefficient (Wildman–Crippen LogP) is 2.05. The lowest BCUT2D eigenvalue weighted by molar-refractivity contribution is 0.0111. The zero-order chi connectivity index (χ0) is 9.90. The second kappa shape index (κ2) is 4.43. The molecule has 1 fully saturated rings. The highest BCUT2D eigenvalue weighted by Crippen LogP contribution is 2.40. The molecule has 2 unspecified atom stereocenters. The van der Waals surface area contributed by atoms with Gasteiger partial charge in [-0.15, -0.1) is 0 Å². The van der Waals surface area contributed by atoms with Gasteiger partial charge in [0.25, 0.3) is 0 Å². The first kappa shape index (κ1) is 11.0. The minimum atomic E-state index is 0.518. The van der Waals surface area contributed by atoms with Crippen molar-refractivity contribution in [3.05, 3.63) is 0 Å². The SMILES string of the molecule is CCC1(CCOC)CNC1C(C)C. The van der Waals surface area contributed by atoms with Gasteiger partial charge in [0.15, 0.2) is 0 Å². The van der Waals surface area contributed by atoms with Gasteiger partial charge >= 0.3 is 0 Å². The highest BCUT2D eigenvalue weighted by atomic mass is 16.5. The van der Waals surface area contributed by atoms with E-state index in [1.807, 2.05) is 0 Å². The number of hydrogen-bond acceptors (Lipinski definition) is 2. The van der Waals surface area contributed by atoms with Crippen molar-refractivity contribution in [1.29, 1.82) is 0 Å². The third-order valence-corrected chi connectivity index (χ3v) is 3.51. The number of hydrogen-bond donors (Lipinski definition) is 1. The van der Waals surface area contributed by atoms with Gasteiger partial charge in [-0.25, -0.2) is 0 Å². The highest BCUT2D eigenvalue weighted by molar-refractivity contribution is 5.02. The van der Waals surface area contributed by atoms with Crippen LogP contribution in [-0.4, -0.2) is 26.3 Å². The molecule has 1 aliphatic heterocycles. The number of ether oxygens (including phenoxy) is 1.